The summed E-state index contributed by atoms with van der Waals surface area (Å²) in [6.07, 6.45) is 0. The number of halogens is 2. The predicted molar refractivity (Wildman–Crippen MR) is 41.9 cm³/mol. The van der Waals surface area contributed by atoms with Gasteiger partial charge in [0.1, 0.15) is 17.4 Å². The molecule has 1 rings (SSSR count). The Balaban J connectivity index is 3.05. The highest BCUT2D eigenvalue weighted by molar-refractivity contribution is 6.33. The Hall–Kier alpha value is -1.14. The van der Waals surface area contributed by atoms with Gasteiger partial charge in [-0.3, -0.25) is 0 Å². The maximum Gasteiger partial charge on any atom is 0.707 e. The summed E-state index contributed by atoms with van der Waals surface area (Å²) in [7, 11) is -2.08. The molecule has 0 radical (unpaired) electrons. The standard InChI is InChI=1S/C7H7BF2O3/c1-4-6(10)2-5(9)3-7(4)13-8(11)12/h2-3,11-12H,1H3. The van der Waals surface area contributed by atoms with Gasteiger partial charge in [-0.2, -0.15) is 0 Å². The van der Waals surface area contributed by atoms with E-state index in [1.165, 1.54) is 6.92 Å². The highest BCUT2D eigenvalue weighted by Crippen LogP contribution is 2.22. The molecule has 6 heteroatoms. The summed E-state index contributed by atoms with van der Waals surface area (Å²) in [6.45, 7) is 1.34. The molecule has 13 heavy (non-hydrogen) atoms. The predicted octanol–water partition coefficient (Wildman–Crippen LogP) is 0.622. The fourth-order valence-electron chi connectivity index (χ4n) is 0.858. The van der Waals surface area contributed by atoms with E-state index < -0.39 is 19.0 Å². The molecule has 0 atom stereocenters. The molecule has 0 saturated carbocycles. The minimum Gasteiger partial charge on any atom is -0.512 e. The molecule has 1 aromatic carbocycles. The van der Waals surface area contributed by atoms with Crippen LogP contribution >= 0.6 is 0 Å². The molecular formula is C7H7BF2O3. The van der Waals surface area contributed by atoms with Crippen LogP contribution < -0.4 is 4.65 Å². The third-order valence-electron chi connectivity index (χ3n) is 1.49. The average molecular weight is 188 g/mol. The first-order chi connectivity index (χ1) is 6.00. The Bertz CT molecular complexity index is 317. The molecule has 0 aliphatic heterocycles. The van der Waals surface area contributed by atoms with E-state index in [1.807, 2.05) is 0 Å². The molecule has 3 nitrogen and oxygen atoms in total. The normalized spacial score (nSPS) is 9.92. The van der Waals surface area contributed by atoms with E-state index >= 15 is 0 Å². The number of rotatable bonds is 2. The molecule has 0 unspecified atom stereocenters. The van der Waals surface area contributed by atoms with E-state index in [4.69, 9.17) is 10.0 Å². The van der Waals surface area contributed by atoms with E-state index in [2.05, 4.69) is 4.65 Å². The molecule has 0 fully saturated rings. The van der Waals surface area contributed by atoms with Crippen molar-refractivity contribution in [2.24, 2.45) is 0 Å². The molecule has 0 aromatic heterocycles. The highest BCUT2D eigenvalue weighted by Gasteiger charge is 2.15. The van der Waals surface area contributed by atoms with Gasteiger partial charge in [0, 0.05) is 17.7 Å². The average Bonchev–Trinajstić information content (AvgIpc) is 1.98. The van der Waals surface area contributed by atoms with E-state index in [9.17, 15) is 8.78 Å². The maximum absolute atomic E-state index is 12.8. The number of hydrogen-bond acceptors (Lipinski definition) is 3. The lowest BCUT2D eigenvalue weighted by molar-refractivity contribution is 0.286. The summed E-state index contributed by atoms with van der Waals surface area (Å²) >= 11 is 0. The topological polar surface area (TPSA) is 49.7 Å². The van der Waals surface area contributed by atoms with Crippen molar-refractivity contribution >= 4 is 7.32 Å². The van der Waals surface area contributed by atoms with Gasteiger partial charge in [-0.15, -0.1) is 0 Å². The lowest BCUT2D eigenvalue weighted by Crippen LogP contribution is -2.21. The van der Waals surface area contributed by atoms with E-state index in [-0.39, 0.29) is 11.3 Å². The molecule has 0 aliphatic rings. The van der Waals surface area contributed by atoms with Crippen molar-refractivity contribution in [1.82, 2.24) is 0 Å². The van der Waals surface area contributed by atoms with Crippen molar-refractivity contribution in [2.45, 2.75) is 6.92 Å². The molecule has 0 amide bonds. The van der Waals surface area contributed by atoms with Crippen LogP contribution in [0.15, 0.2) is 12.1 Å². The van der Waals surface area contributed by atoms with Gasteiger partial charge < -0.3 is 14.7 Å². The second-order valence-electron chi connectivity index (χ2n) is 2.45. The number of benzene rings is 1. The summed E-state index contributed by atoms with van der Waals surface area (Å²) in [4.78, 5) is 0. The van der Waals surface area contributed by atoms with Gasteiger partial charge in [0.2, 0.25) is 0 Å². The Morgan fingerprint density at radius 3 is 2.46 bits per heavy atom. The van der Waals surface area contributed by atoms with Crippen LogP contribution in [-0.4, -0.2) is 17.4 Å². The van der Waals surface area contributed by atoms with Crippen LogP contribution in [0.1, 0.15) is 5.56 Å². The molecule has 0 saturated heterocycles. The SMILES string of the molecule is Cc1c(F)cc(F)cc1OB(O)O. The van der Waals surface area contributed by atoms with Crippen molar-refractivity contribution in [3.8, 4) is 5.75 Å². The molecule has 0 heterocycles. The third kappa shape index (κ3) is 2.40. The van der Waals surface area contributed by atoms with Crippen LogP contribution in [0.2, 0.25) is 0 Å². The summed E-state index contributed by atoms with van der Waals surface area (Å²) in [5.74, 6) is -1.86. The van der Waals surface area contributed by atoms with Gasteiger partial charge in [0.15, 0.2) is 0 Å². The summed E-state index contributed by atoms with van der Waals surface area (Å²) in [5, 5.41) is 16.8. The molecule has 70 valence electrons. The van der Waals surface area contributed by atoms with Crippen LogP contribution in [0.3, 0.4) is 0 Å². The van der Waals surface area contributed by atoms with E-state index in [0.29, 0.717) is 6.07 Å². The smallest absolute Gasteiger partial charge is 0.512 e. The molecule has 0 bridgehead atoms. The number of hydrogen-bond donors (Lipinski definition) is 2. The molecule has 1 aromatic rings. The van der Waals surface area contributed by atoms with Crippen LogP contribution in [0.5, 0.6) is 5.75 Å². The van der Waals surface area contributed by atoms with E-state index in [1.54, 1.807) is 0 Å². The highest BCUT2D eigenvalue weighted by atomic mass is 19.1. The Morgan fingerprint density at radius 2 is 1.92 bits per heavy atom. The van der Waals surface area contributed by atoms with Gasteiger partial charge in [0.25, 0.3) is 0 Å². The summed E-state index contributed by atoms with van der Waals surface area (Å²) < 4.78 is 29.7. The Morgan fingerprint density at radius 1 is 1.31 bits per heavy atom. The lowest BCUT2D eigenvalue weighted by Gasteiger charge is -2.08. The zero-order valence-corrected chi connectivity index (χ0v) is 6.79. The Labute approximate surface area is 73.8 Å². The first-order valence-corrected chi connectivity index (χ1v) is 3.49. The monoisotopic (exact) mass is 188 g/mol. The van der Waals surface area contributed by atoms with Crippen LogP contribution in [0, 0.1) is 18.6 Å². The van der Waals surface area contributed by atoms with Crippen molar-refractivity contribution in [3.05, 3.63) is 29.3 Å². The third-order valence-corrected chi connectivity index (χ3v) is 1.49. The fourth-order valence-corrected chi connectivity index (χ4v) is 0.858. The van der Waals surface area contributed by atoms with Crippen molar-refractivity contribution in [3.63, 3.8) is 0 Å². The molecular weight excluding hydrogens is 181 g/mol. The van der Waals surface area contributed by atoms with Crippen LogP contribution in [-0.2, 0) is 0 Å². The van der Waals surface area contributed by atoms with Crippen LogP contribution in [0.4, 0.5) is 8.78 Å². The first kappa shape index (κ1) is 9.95. The largest absolute Gasteiger partial charge is 0.707 e. The second kappa shape index (κ2) is 3.72. The summed E-state index contributed by atoms with van der Waals surface area (Å²) in [6, 6.07) is 1.56. The second-order valence-corrected chi connectivity index (χ2v) is 2.45. The maximum atomic E-state index is 12.8. The van der Waals surface area contributed by atoms with Crippen molar-refractivity contribution in [1.29, 1.82) is 0 Å². The zero-order chi connectivity index (χ0) is 10.0. The van der Waals surface area contributed by atoms with E-state index in [0.717, 1.165) is 6.07 Å². The van der Waals surface area contributed by atoms with Gasteiger partial charge in [0.05, 0.1) is 0 Å². The van der Waals surface area contributed by atoms with Gasteiger partial charge >= 0.3 is 7.32 Å². The van der Waals surface area contributed by atoms with Gasteiger partial charge in [-0.1, -0.05) is 0 Å². The first-order valence-electron chi connectivity index (χ1n) is 3.49. The van der Waals surface area contributed by atoms with Crippen LogP contribution in [0.25, 0.3) is 0 Å². The minimum absolute atomic E-state index is 0.0227. The van der Waals surface area contributed by atoms with Crippen molar-refractivity contribution < 1.29 is 23.5 Å². The Kier molecular flexibility index (Phi) is 2.85. The summed E-state index contributed by atoms with van der Waals surface area (Å²) in [5.41, 5.74) is 0.0227. The quantitative estimate of drug-likeness (QED) is 0.668. The minimum atomic E-state index is -2.08. The van der Waals surface area contributed by atoms with Gasteiger partial charge in [-0.25, -0.2) is 8.78 Å². The van der Waals surface area contributed by atoms with Crippen molar-refractivity contribution in [2.75, 3.05) is 0 Å². The van der Waals surface area contributed by atoms with Gasteiger partial charge in [-0.05, 0) is 6.92 Å². The zero-order valence-electron chi connectivity index (χ0n) is 6.79. The molecule has 2 N–H and O–H groups in total. The molecule has 0 spiro atoms. The lowest BCUT2D eigenvalue weighted by atomic mass is 10.1. The fraction of sp³-hybridized carbons (Fsp3) is 0.143. The molecule has 0 aliphatic carbocycles.